The summed E-state index contributed by atoms with van der Waals surface area (Å²) in [6.07, 6.45) is 1.23. The summed E-state index contributed by atoms with van der Waals surface area (Å²) in [5, 5.41) is 2.85. The topological polar surface area (TPSA) is 47.6 Å². The molecule has 1 amide bonds. The first-order valence-electron chi connectivity index (χ1n) is 6.92. The van der Waals surface area contributed by atoms with Crippen molar-refractivity contribution in [2.75, 3.05) is 12.4 Å². The van der Waals surface area contributed by atoms with Gasteiger partial charge >= 0.3 is 0 Å². The van der Waals surface area contributed by atoms with Gasteiger partial charge in [0.2, 0.25) is 0 Å². The lowest BCUT2D eigenvalue weighted by Gasteiger charge is -2.35. The van der Waals surface area contributed by atoms with Crippen LogP contribution in [-0.2, 0) is 16.0 Å². The summed E-state index contributed by atoms with van der Waals surface area (Å²) in [5.41, 5.74) is 1.82. The van der Waals surface area contributed by atoms with Crippen LogP contribution in [0.5, 0.6) is 5.75 Å². The van der Waals surface area contributed by atoms with Crippen molar-refractivity contribution < 1.29 is 14.3 Å². The van der Waals surface area contributed by atoms with E-state index in [1.807, 2.05) is 54.6 Å². The number of anilines is 1. The fraction of sp³-hybridized carbons (Fsp3) is 0.235. The van der Waals surface area contributed by atoms with E-state index < -0.39 is 5.79 Å². The summed E-state index contributed by atoms with van der Waals surface area (Å²) in [4.78, 5) is 12.6. The predicted molar refractivity (Wildman–Crippen MR) is 80.2 cm³/mol. The summed E-state index contributed by atoms with van der Waals surface area (Å²) in [7, 11) is 1.50. The molecule has 0 aliphatic carbocycles. The standard InChI is InChI=1S/C17H17NO3/c1-20-17(16(19)18-14-8-3-2-4-9-14)12-11-13-7-5-6-10-15(13)21-17/h2-10H,11-12H2,1H3,(H,18,19). The van der Waals surface area contributed by atoms with E-state index >= 15 is 0 Å². The number of hydrogen-bond donors (Lipinski definition) is 1. The number of ether oxygens (including phenoxy) is 2. The van der Waals surface area contributed by atoms with Crippen molar-refractivity contribution in [1.29, 1.82) is 0 Å². The molecule has 1 aliphatic rings. The lowest BCUT2D eigenvalue weighted by molar-refractivity contribution is -0.185. The maximum absolute atomic E-state index is 12.6. The number of benzene rings is 2. The van der Waals surface area contributed by atoms with Crippen LogP contribution in [0.1, 0.15) is 12.0 Å². The van der Waals surface area contributed by atoms with Crippen LogP contribution < -0.4 is 10.1 Å². The van der Waals surface area contributed by atoms with Crippen molar-refractivity contribution in [3.05, 3.63) is 60.2 Å². The molecule has 0 saturated heterocycles. The van der Waals surface area contributed by atoms with E-state index in [-0.39, 0.29) is 5.91 Å². The minimum Gasteiger partial charge on any atom is -0.453 e. The Bertz CT molecular complexity index is 641. The average molecular weight is 283 g/mol. The first kappa shape index (κ1) is 13.6. The fourth-order valence-electron chi connectivity index (χ4n) is 2.48. The van der Waals surface area contributed by atoms with Gasteiger partial charge in [-0.2, -0.15) is 0 Å². The zero-order valence-corrected chi connectivity index (χ0v) is 11.8. The van der Waals surface area contributed by atoms with Crippen LogP contribution in [0.2, 0.25) is 0 Å². The summed E-state index contributed by atoms with van der Waals surface area (Å²) in [6.45, 7) is 0. The molecule has 1 heterocycles. The van der Waals surface area contributed by atoms with Crippen molar-refractivity contribution in [2.24, 2.45) is 0 Å². The molecule has 0 aromatic heterocycles. The molecule has 0 saturated carbocycles. The normalized spacial score (nSPS) is 20.2. The van der Waals surface area contributed by atoms with E-state index in [9.17, 15) is 4.79 Å². The third-order valence-electron chi connectivity index (χ3n) is 3.68. The molecule has 1 unspecified atom stereocenters. The molecule has 3 rings (SSSR count). The molecule has 0 fully saturated rings. The van der Waals surface area contributed by atoms with Crippen LogP contribution in [0.4, 0.5) is 5.69 Å². The third kappa shape index (κ3) is 2.62. The Morgan fingerprint density at radius 2 is 1.86 bits per heavy atom. The summed E-state index contributed by atoms with van der Waals surface area (Å²) >= 11 is 0. The second-order valence-corrected chi connectivity index (χ2v) is 4.99. The van der Waals surface area contributed by atoms with Crippen molar-refractivity contribution in [3.63, 3.8) is 0 Å². The van der Waals surface area contributed by atoms with Crippen LogP contribution in [0, 0.1) is 0 Å². The zero-order valence-electron chi connectivity index (χ0n) is 11.8. The van der Waals surface area contributed by atoms with Crippen molar-refractivity contribution >= 4 is 11.6 Å². The van der Waals surface area contributed by atoms with Crippen LogP contribution in [0.25, 0.3) is 0 Å². The number of amides is 1. The first-order valence-corrected chi connectivity index (χ1v) is 6.92. The molecule has 0 bridgehead atoms. The molecule has 4 heteroatoms. The van der Waals surface area contributed by atoms with Gasteiger partial charge in [-0.25, -0.2) is 0 Å². The van der Waals surface area contributed by atoms with E-state index in [0.717, 1.165) is 17.7 Å². The summed E-state index contributed by atoms with van der Waals surface area (Å²) < 4.78 is 11.3. The van der Waals surface area contributed by atoms with E-state index in [1.54, 1.807) is 0 Å². The van der Waals surface area contributed by atoms with Gasteiger partial charge in [0.25, 0.3) is 11.7 Å². The van der Waals surface area contributed by atoms with Gasteiger partial charge in [-0.1, -0.05) is 36.4 Å². The number of nitrogens with one attached hydrogen (secondary N) is 1. The molecule has 21 heavy (non-hydrogen) atoms. The molecule has 0 spiro atoms. The smallest absolute Gasteiger partial charge is 0.297 e. The van der Waals surface area contributed by atoms with E-state index in [4.69, 9.17) is 9.47 Å². The fourth-order valence-corrected chi connectivity index (χ4v) is 2.48. The van der Waals surface area contributed by atoms with Gasteiger partial charge in [0.1, 0.15) is 5.75 Å². The summed E-state index contributed by atoms with van der Waals surface area (Å²) in [5.74, 6) is -0.857. The van der Waals surface area contributed by atoms with E-state index in [0.29, 0.717) is 12.2 Å². The quantitative estimate of drug-likeness (QED) is 0.942. The minimum atomic E-state index is -1.27. The van der Waals surface area contributed by atoms with Crippen LogP contribution in [0.15, 0.2) is 54.6 Å². The van der Waals surface area contributed by atoms with Crippen molar-refractivity contribution in [1.82, 2.24) is 0 Å². The molecule has 1 aliphatic heterocycles. The zero-order chi connectivity index (χ0) is 14.7. The van der Waals surface area contributed by atoms with Gasteiger partial charge in [-0.15, -0.1) is 0 Å². The number of aryl methyl sites for hydroxylation is 1. The minimum absolute atomic E-state index is 0.286. The lowest BCUT2D eigenvalue weighted by atomic mass is 9.99. The lowest BCUT2D eigenvalue weighted by Crippen LogP contribution is -2.51. The predicted octanol–water partition coefficient (Wildman–Crippen LogP) is 2.99. The number of hydrogen-bond acceptors (Lipinski definition) is 3. The maximum atomic E-state index is 12.6. The summed E-state index contributed by atoms with van der Waals surface area (Å²) in [6, 6.07) is 17.0. The molecule has 108 valence electrons. The molecule has 4 nitrogen and oxygen atoms in total. The molecule has 1 N–H and O–H groups in total. The Hall–Kier alpha value is -2.33. The monoisotopic (exact) mass is 283 g/mol. The SMILES string of the molecule is COC1(C(=O)Nc2ccccc2)CCc2ccccc2O1. The van der Waals surface area contributed by atoms with E-state index in [1.165, 1.54) is 7.11 Å². The average Bonchev–Trinajstić information content (AvgIpc) is 2.55. The molecule has 1 atom stereocenters. The number of methoxy groups -OCH3 is 1. The molecule has 2 aromatic carbocycles. The molecule has 2 aromatic rings. The third-order valence-corrected chi connectivity index (χ3v) is 3.68. The number of para-hydroxylation sites is 2. The molecular formula is C17H17NO3. The van der Waals surface area contributed by atoms with Gasteiger partial charge in [0.15, 0.2) is 0 Å². The maximum Gasteiger partial charge on any atom is 0.297 e. The number of rotatable bonds is 3. The Labute approximate surface area is 123 Å². The number of carbonyl (C=O) groups is 1. The van der Waals surface area contributed by atoms with Crippen LogP contribution >= 0.6 is 0 Å². The number of carbonyl (C=O) groups excluding carboxylic acids is 1. The van der Waals surface area contributed by atoms with Gasteiger partial charge in [-0.05, 0) is 30.2 Å². The van der Waals surface area contributed by atoms with Gasteiger partial charge in [0.05, 0.1) is 0 Å². The van der Waals surface area contributed by atoms with Gasteiger partial charge in [-0.3, -0.25) is 4.79 Å². The van der Waals surface area contributed by atoms with Crippen LogP contribution in [0.3, 0.4) is 0 Å². The molecular weight excluding hydrogens is 266 g/mol. The van der Waals surface area contributed by atoms with Gasteiger partial charge in [0, 0.05) is 19.2 Å². The van der Waals surface area contributed by atoms with Crippen LogP contribution in [-0.4, -0.2) is 18.8 Å². The Morgan fingerprint density at radius 3 is 2.62 bits per heavy atom. The highest BCUT2D eigenvalue weighted by Gasteiger charge is 2.44. The first-order chi connectivity index (χ1) is 10.2. The Balaban J connectivity index is 1.83. The second-order valence-electron chi connectivity index (χ2n) is 4.99. The van der Waals surface area contributed by atoms with E-state index in [2.05, 4.69) is 5.32 Å². The van der Waals surface area contributed by atoms with Crippen molar-refractivity contribution in [3.8, 4) is 5.75 Å². The highest BCUT2D eigenvalue weighted by atomic mass is 16.7. The molecule has 0 radical (unpaired) electrons. The highest BCUT2D eigenvalue weighted by Crippen LogP contribution is 2.34. The number of fused-ring (bicyclic) bond motifs is 1. The Morgan fingerprint density at radius 1 is 1.14 bits per heavy atom. The largest absolute Gasteiger partial charge is 0.453 e. The Kier molecular flexibility index (Phi) is 3.62. The van der Waals surface area contributed by atoms with Crippen molar-refractivity contribution in [2.45, 2.75) is 18.6 Å². The second kappa shape index (κ2) is 5.58. The van der Waals surface area contributed by atoms with Gasteiger partial charge < -0.3 is 14.8 Å². The highest BCUT2D eigenvalue weighted by molar-refractivity contribution is 5.96.